The molecule has 128 valence electrons. The third-order valence-electron chi connectivity index (χ3n) is 4.41. The van der Waals surface area contributed by atoms with Crippen LogP contribution in [0.2, 0.25) is 0 Å². The quantitative estimate of drug-likeness (QED) is 0.777. The molecule has 0 radical (unpaired) electrons. The Labute approximate surface area is 136 Å². The van der Waals surface area contributed by atoms with E-state index in [9.17, 15) is 13.2 Å². The molecule has 1 aromatic heterocycles. The highest BCUT2D eigenvalue weighted by atomic mass is 32.2. The largest absolute Gasteiger partial charge is 0.378 e. The van der Waals surface area contributed by atoms with Gasteiger partial charge in [-0.15, -0.1) is 0 Å². The van der Waals surface area contributed by atoms with Crippen LogP contribution in [0.4, 0.5) is 0 Å². The normalized spacial score (nSPS) is 22.9. The van der Waals surface area contributed by atoms with E-state index < -0.39 is 10.0 Å². The van der Waals surface area contributed by atoms with Gasteiger partial charge < -0.3 is 14.2 Å². The van der Waals surface area contributed by atoms with Crippen molar-refractivity contribution < 1.29 is 17.9 Å². The molecule has 1 saturated heterocycles. The van der Waals surface area contributed by atoms with Crippen LogP contribution < -0.4 is 0 Å². The number of hydrogen-bond donors (Lipinski definition) is 0. The van der Waals surface area contributed by atoms with E-state index in [1.54, 1.807) is 18.0 Å². The van der Waals surface area contributed by atoms with Crippen molar-refractivity contribution in [2.24, 2.45) is 0 Å². The molecule has 23 heavy (non-hydrogen) atoms. The molecule has 3 rings (SSSR count). The minimum atomic E-state index is -3.28. The predicted octanol–water partition coefficient (Wildman–Crippen LogP) is 0.0818. The molecule has 0 spiro atoms. The average molecular weight is 342 g/mol. The second-order valence-corrected chi connectivity index (χ2v) is 7.98. The van der Waals surface area contributed by atoms with Gasteiger partial charge in [0.15, 0.2) is 0 Å². The van der Waals surface area contributed by atoms with E-state index >= 15 is 0 Å². The third kappa shape index (κ3) is 3.00. The molecule has 8 nitrogen and oxygen atoms in total. The Hall–Kier alpha value is -1.45. The van der Waals surface area contributed by atoms with Crippen LogP contribution in [0.15, 0.2) is 6.20 Å². The molecule has 1 aromatic rings. The highest BCUT2D eigenvalue weighted by Gasteiger charge is 2.34. The van der Waals surface area contributed by atoms with E-state index in [0.29, 0.717) is 50.9 Å². The molecule has 1 amide bonds. The molecule has 2 aliphatic heterocycles. The second-order valence-electron chi connectivity index (χ2n) is 5.77. The lowest BCUT2D eigenvalue weighted by atomic mass is 10.2. The van der Waals surface area contributed by atoms with Gasteiger partial charge in [-0.05, 0) is 13.8 Å². The molecule has 0 N–H and O–H groups in total. The summed E-state index contributed by atoms with van der Waals surface area (Å²) in [5.74, 6) is 0.578. The van der Waals surface area contributed by atoms with E-state index in [1.165, 1.54) is 4.31 Å². The Kier molecular flexibility index (Phi) is 4.43. The molecule has 0 unspecified atom stereocenters. The molecule has 0 bridgehead atoms. The van der Waals surface area contributed by atoms with Crippen LogP contribution in [-0.4, -0.2) is 71.7 Å². The van der Waals surface area contributed by atoms with Crippen LogP contribution in [-0.2, 0) is 21.3 Å². The van der Waals surface area contributed by atoms with Gasteiger partial charge in [0, 0.05) is 32.4 Å². The first-order chi connectivity index (χ1) is 10.9. The Morgan fingerprint density at radius 3 is 2.65 bits per heavy atom. The highest BCUT2D eigenvalue weighted by Crippen LogP contribution is 2.27. The number of carbonyl (C=O) groups excluding carboxylic acids is 1. The lowest BCUT2D eigenvalue weighted by Crippen LogP contribution is -2.41. The number of imidazole rings is 1. The predicted molar refractivity (Wildman–Crippen MR) is 83.5 cm³/mol. The van der Waals surface area contributed by atoms with Gasteiger partial charge in [0.25, 0.3) is 5.91 Å². The summed E-state index contributed by atoms with van der Waals surface area (Å²) < 4.78 is 32.9. The van der Waals surface area contributed by atoms with Crippen LogP contribution >= 0.6 is 0 Å². The fraction of sp³-hybridized carbons (Fsp3) is 0.714. The molecule has 9 heteroatoms. The first-order valence-electron chi connectivity index (χ1n) is 7.87. The summed E-state index contributed by atoms with van der Waals surface area (Å²) in [7, 11) is -3.28. The topological polar surface area (TPSA) is 84.7 Å². The van der Waals surface area contributed by atoms with Crippen molar-refractivity contribution in [3.63, 3.8) is 0 Å². The lowest BCUT2D eigenvalue weighted by Gasteiger charge is -2.32. The van der Waals surface area contributed by atoms with Gasteiger partial charge in [-0.2, -0.15) is 4.31 Å². The number of rotatable bonds is 3. The first-order valence-corrected chi connectivity index (χ1v) is 9.48. The zero-order chi connectivity index (χ0) is 16.6. The molecule has 0 aromatic carbocycles. The molecular formula is C14H22N4O4S. The van der Waals surface area contributed by atoms with Crippen LogP contribution in [0.1, 0.15) is 36.2 Å². The van der Waals surface area contributed by atoms with Crippen molar-refractivity contribution in [2.75, 3.05) is 38.6 Å². The summed E-state index contributed by atoms with van der Waals surface area (Å²) in [6.07, 6.45) is 1.74. The molecule has 2 aliphatic rings. The Balaban J connectivity index is 1.84. The van der Waals surface area contributed by atoms with E-state index in [4.69, 9.17) is 4.74 Å². The zero-order valence-electron chi connectivity index (χ0n) is 13.4. The number of fused-ring (bicyclic) bond motifs is 1. The maximum atomic E-state index is 12.5. The van der Waals surface area contributed by atoms with E-state index in [1.807, 2.05) is 11.5 Å². The van der Waals surface area contributed by atoms with Crippen LogP contribution in [0.25, 0.3) is 0 Å². The van der Waals surface area contributed by atoms with Crippen molar-refractivity contribution in [3.05, 3.63) is 17.7 Å². The van der Waals surface area contributed by atoms with Crippen molar-refractivity contribution in [1.29, 1.82) is 0 Å². The first kappa shape index (κ1) is 16.4. The maximum absolute atomic E-state index is 12.5. The Morgan fingerprint density at radius 1 is 1.30 bits per heavy atom. The number of hydrogen-bond acceptors (Lipinski definition) is 5. The minimum absolute atomic E-state index is 0.0671. The number of ether oxygens (including phenoxy) is 1. The van der Waals surface area contributed by atoms with Crippen molar-refractivity contribution in [1.82, 2.24) is 18.8 Å². The number of morpholine rings is 1. The average Bonchev–Trinajstić information content (AvgIpc) is 3.00. The standard InChI is InChI=1S/C14H22N4O4S/c1-3-23(20,21)18-5-4-17-10-12(15-13(17)11(18)2)14(19)16-6-8-22-9-7-16/h10-11H,3-9H2,1-2H3/t11-/m0/s1. The molecule has 0 saturated carbocycles. The van der Waals surface area contributed by atoms with Gasteiger partial charge in [0.1, 0.15) is 11.5 Å². The van der Waals surface area contributed by atoms with Crippen molar-refractivity contribution in [3.8, 4) is 0 Å². The van der Waals surface area contributed by atoms with Gasteiger partial charge in [-0.1, -0.05) is 0 Å². The fourth-order valence-electron chi connectivity index (χ4n) is 3.05. The van der Waals surface area contributed by atoms with Crippen molar-refractivity contribution in [2.45, 2.75) is 26.4 Å². The summed E-state index contributed by atoms with van der Waals surface area (Å²) >= 11 is 0. The molecular weight excluding hydrogens is 320 g/mol. The second kappa shape index (κ2) is 6.21. The van der Waals surface area contributed by atoms with Gasteiger partial charge in [-0.3, -0.25) is 4.79 Å². The number of nitrogens with zero attached hydrogens (tertiary/aromatic N) is 4. The number of amides is 1. The van der Waals surface area contributed by atoms with Gasteiger partial charge in [0.2, 0.25) is 10.0 Å². The summed E-state index contributed by atoms with van der Waals surface area (Å²) in [4.78, 5) is 18.7. The number of sulfonamides is 1. The van der Waals surface area contributed by atoms with E-state index in [-0.39, 0.29) is 17.7 Å². The SMILES string of the molecule is CCS(=O)(=O)N1CCn2cc(C(=O)N3CCOCC3)nc2[C@@H]1C. The Bertz CT molecular complexity index is 694. The van der Waals surface area contributed by atoms with Gasteiger partial charge in [-0.25, -0.2) is 13.4 Å². The minimum Gasteiger partial charge on any atom is -0.378 e. The van der Waals surface area contributed by atoms with Crippen molar-refractivity contribution >= 4 is 15.9 Å². The van der Waals surface area contributed by atoms with E-state index in [0.717, 1.165) is 0 Å². The van der Waals surface area contributed by atoms with Gasteiger partial charge in [0.05, 0.1) is 25.0 Å². The summed E-state index contributed by atoms with van der Waals surface area (Å²) in [5.41, 5.74) is 0.379. The third-order valence-corrected chi connectivity index (χ3v) is 6.36. The highest BCUT2D eigenvalue weighted by molar-refractivity contribution is 7.89. The molecule has 3 heterocycles. The number of carbonyl (C=O) groups is 1. The Morgan fingerprint density at radius 2 is 2.00 bits per heavy atom. The smallest absolute Gasteiger partial charge is 0.274 e. The molecule has 1 atom stereocenters. The summed E-state index contributed by atoms with van der Waals surface area (Å²) in [6, 6.07) is -0.361. The van der Waals surface area contributed by atoms with Crippen LogP contribution in [0.5, 0.6) is 0 Å². The lowest BCUT2D eigenvalue weighted by molar-refractivity contribution is 0.0299. The maximum Gasteiger partial charge on any atom is 0.274 e. The van der Waals surface area contributed by atoms with E-state index in [2.05, 4.69) is 4.98 Å². The number of aromatic nitrogens is 2. The van der Waals surface area contributed by atoms with Crippen LogP contribution in [0.3, 0.4) is 0 Å². The molecule has 1 fully saturated rings. The zero-order valence-corrected chi connectivity index (χ0v) is 14.3. The monoisotopic (exact) mass is 342 g/mol. The summed E-state index contributed by atoms with van der Waals surface area (Å²) in [6.45, 7) is 6.58. The van der Waals surface area contributed by atoms with Gasteiger partial charge >= 0.3 is 0 Å². The molecule has 0 aliphatic carbocycles. The van der Waals surface area contributed by atoms with Crippen LogP contribution in [0, 0.1) is 0 Å². The summed E-state index contributed by atoms with van der Waals surface area (Å²) in [5, 5.41) is 0. The fourth-order valence-corrected chi connectivity index (χ4v) is 4.32.